The van der Waals surface area contributed by atoms with E-state index in [1.807, 2.05) is 86.0 Å². The summed E-state index contributed by atoms with van der Waals surface area (Å²) in [6.07, 6.45) is 3.74. The molecule has 0 aliphatic rings. The van der Waals surface area contributed by atoms with Crippen LogP contribution in [0.15, 0.2) is 197 Å². The van der Waals surface area contributed by atoms with E-state index in [1.165, 1.54) is 11.1 Å². The second kappa shape index (κ2) is 15.9. The van der Waals surface area contributed by atoms with Crippen molar-refractivity contribution in [2.75, 3.05) is 0 Å². The van der Waals surface area contributed by atoms with Crippen LogP contribution in [0.4, 0.5) is 0 Å². The predicted octanol–water partition coefficient (Wildman–Crippen LogP) is 14.2. The number of furan rings is 2. The summed E-state index contributed by atoms with van der Waals surface area (Å²) in [7, 11) is 0. The van der Waals surface area contributed by atoms with Crippen molar-refractivity contribution in [2.45, 2.75) is 6.92 Å². The summed E-state index contributed by atoms with van der Waals surface area (Å²) in [6, 6.07) is 66.5. The van der Waals surface area contributed by atoms with Gasteiger partial charge in [0.2, 0.25) is 0 Å². The van der Waals surface area contributed by atoms with Gasteiger partial charge in [0, 0.05) is 48.7 Å². The normalized spacial score (nSPS) is 11.1. The van der Waals surface area contributed by atoms with Gasteiger partial charge in [0.1, 0.15) is 22.3 Å². The maximum Gasteiger partial charge on any atom is 0.147 e. The molecule has 5 heteroatoms. The van der Waals surface area contributed by atoms with Gasteiger partial charge in [-0.25, -0.2) is 0 Å². The molecule has 0 spiro atoms. The summed E-state index contributed by atoms with van der Waals surface area (Å²) in [6.45, 7) is 2.03. The van der Waals surface area contributed by atoms with Crippen LogP contribution in [0.2, 0.25) is 0 Å². The average molecular weight is 923 g/mol. The second-order valence-electron chi connectivity index (χ2n) is 14.1. The number of benzene rings is 7. The largest absolute Gasteiger partial charge is 0.456 e. The van der Waals surface area contributed by atoms with E-state index in [4.69, 9.17) is 8.83 Å². The summed E-state index contributed by atoms with van der Waals surface area (Å²) in [4.78, 5) is 8.99. The van der Waals surface area contributed by atoms with Crippen molar-refractivity contribution in [1.82, 2.24) is 9.97 Å². The minimum atomic E-state index is 0. The van der Waals surface area contributed by atoms with Crippen LogP contribution < -0.4 is 0 Å². The van der Waals surface area contributed by atoms with E-state index in [0.717, 1.165) is 94.2 Å². The molecule has 1 radical (unpaired) electrons. The van der Waals surface area contributed by atoms with Crippen molar-refractivity contribution in [2.24, 2.45) is 0 Å². The second-order valence-corrected chi connectivity index (χ2v) is 14.1. The third-order valence-electron chi connectivity index (χ3n) is 10.3. The molecule has 7 aromatic carbocycles. The van der Waals surface area contributed by atoms with Gasteiger partial charge in [-0.1, -0.05) is 91.0 Å². The van der Waals surface area contributed by atoms with Crippen molar-refractivity contribution in [3.8, 4) is 55.9 Å². The maximum atomic E-state index is 6.76. The SMILES string of the molecule is Cc1ccc(-c2[c-]cccc2)nc1.[Ir].[c-]1ccccc1-c1cc(-c2cc3oc4ccc(-c5ccccc5)cc4c3c3oc4ccc(-c5ccccc5)cc4c23)ccn1. The topological polar surface area (TPSA) is 52.1 Å². The van der Waals surface area contributed by atoms with Crippen molar-refractivity contribution in [3.63, 3.8) is 0 Å². The van der Waals surface area contributed by atoms with Crippen LogP contribution >= 0.6 is 0 Å². The summed E-state index contributed by atoms with van der Waals surface area (Å²) < 4.78 is 13.3. The molecule has 4 nitrogen and oxygen atoms in total. The molecule has 58 heavy (non-hydrogen) atoms. The Labute approximate surface area is 349 Å². The minimum absolute atomic E-state index is 0. The van der Waals surface area contributed by atoms with Gasteiger partial charge in [0.05, 0.1) is 5.39 Å². The molecule has 0 aliphatic heterocycles. The summed E-state index contributed by atoms with van der Waals surface area (Å²) >= 11 is 0. The molecule has 4 heterocycles. The number of nitrogens with zero attached hydrogens (tertiary/aromatic N) is 2. The van der Waals surface area contributed by atoms with E-state index >= 15 is 0 Å². The van der Waals surface area contributed by atoms with Gasteiger partial charge in [-0.2, -0.15) is 0 Å². The Morgan fingerprint density at radius 3 is 1.66 bits per heavy atom. The van der Waals surface area contributed by atoms with Crippen LogP contribution in [0.25, 0.3) is 99.8 Å². The number of aryl methyl sites for hydroxylation is 1. The Morgan fingerprint density at radius 1 is 0.448 bits per heavy atom. The van der Waals surface area contributed by atoms with Crippen molar-refractivity contribution in [1.29, 1.82) is 0 Å². The van der Waals surface area contributed by atoms with Gasteiger partial charge in [-0.3, -0.25) is 0 Å². The van der Waals surface area contributed by atoms with Crippen molar-refractivity contribution >= 4 is 43.9 Å². The maximum absolute atomic E-state index is 6.76. The van der Waals surface area contributed by atoms with E-state index in [1.54, 1.807) is 0 Å². The smallest absolute Gasteiger partial charge is 0.147 e. The molecule has 0 unspecified atom stereocenters. The van der Waals surface area contributed by atoms with Crippen LogP contribution in [0.5, 0.6) is 0 Å². The number of rotatable bonds is 5. The van der Waals surface area contributed by atoms with Gasteiger partial charge >= 0.3 is 0 Å². The third kappa shape index (κ3) is 7.03. The van der Waals surface area contributed by atoms with E-state index in [-0.39, 0.29) is 20.1 Å². The van der Waals surface area contributed by atoms with Crippen LogP contribution in [0.3, 0.4) is 0 Å². The van der Waals surface area contributed by atoms with Crippen molar-refractivity contribution in [3.05, 3.63) is 206 Å². The number of hydrogen-bond acceptors (Lipinski definition) is 4. The molecule has 0 N–H and O–H groups in total. The monoisotopic (exact) mass is 923 g/mol. The zero-order chi connectivity index (χ0) is 38.1. The first-order valence-corrected chi connectivity index (χ1v) is 19.0. The Hall–Kier alpha value is -6.91. The van der Waals surface area contributed by atoms with Gasteiger partial charge in [-0.05, 0) is 93.7 Å². The molecule has 0 bridgehead atoms. The summed E-state index contributed by atoms with van der Waals surface area (Å²) in [5.41, 5.74) is 15.0. The van der Waals surface area contributed by atoms with Gasteiger partial charge in [0.15, 0.2) is 0 Å². The summed E-state index contributed by atoms with van der Waals surface area (Å²) in [5.74, 6) is 0. The van der Waals surface area contributed by atoms with E-state index in [9.17, 15) is 0 Å². The summed E-state index contributed by atoms with van der Waals surface area (Å²) in [5, 5.41) is 4.15. The first-order valence-electron chi connectivity index (χ1n) is 19.0. The van der Waals surface area contributed by atoms with Crippen LogP contribution in [-0.4, -0.2) is 9.97 Å². The first-order chi connectivity index (χ1) is 28.2. The Balaban J connectivity index is 0.000000266. The number of aromatic nitrogens is 2. The molecule has 4 aromatic heterocycles. The molecule has 0 saturated heterocycles. The minimum Gasteiger partial charge on any atom is -0.456 e. The van der Waals surface area contributed by atoms with Crippen LogP contribution in [0.1, 0.15) is 5.56 Å². The van der Waals surface area contributed by atoms with Gasteiger partial charge in [-0.15, -0.1) is 71.8 Å². The molecular weight excluding hydrogens is 889 g/mol. The molecule has 279 valence electrons. The molecule has 11 rings (SSSR count). The Bertz CT molecular complexity index is 3160. The number of fused-ring (bicyclic) bond motifs is 7. The van der Waals surface area contributed by atoms with Crippen LogP contribution in [-0.2, 0) is 20.1 Å². The molecule has 11 aromatic rings. The van der Waals surface area contributed by atoms with E-state index in [0.29, 0.717) is 0 Å². The number of hydrogen-bond donors (Lipinski definition) is 0. The van der Waals surface area contributed by atoms with Crippen LogP contribution in [0, 0.1) is 19.1 Å². The molecule has 0 saturated carbocycles. The number of pyridine rings is 2. The molecule has 0 atom stereocenters. The van der Waals surface area contributed by atoms with E-state index in [2.05, 4.69) is 131 Å². The fraction of sp³-hybridized carbons (Fsp3) is 0.0189. The fourth-order valence-electron chi connectivity index (χ4n) is 7.52. The quantitative estimate of drug-likeness (QED) is 0.161. The third-order valence-corrected chi connectivity index (χ3v) is 10.3. The van der Waals surface area contributed by atoms with Gasteiger partial charge in [0.25, 0.3) is 0 Å². The van der Waals surface area contributed by atoms with Gasteiger partial charge < -0.3 is 18.8 Å². The fourth-order valence-corrected chi connectivity index (χ4v) is 7.52. The zero-order valence-electron chi connectivity index (χ0n) is 31.4. The standard InChI is InChI=1S/C41H24NO2.C12H10N.Ir/c1-4-10-26(11-5-1)29-17-19-37-33(22-29)39-32(31-20-21-42-35(24-31)28-14-8-3-9-15-28)25-38-40(41(39)44-37)34-23-30(16-18-36(34)43-38)27-12-6-2-7-13-27;1-10-7-8-12(13-9-10)11-5-3-2-4-6-11;/h1-14,16-25H;2-5,7-9H,1H3;/q2*-1;. The Kier molecular flexibility index (Phi) is 10.1. The molecular formula is C53H34IrN2O2-2. The molecule has 0 amide bonds. The van der Waals surface area contributed by atoms with E-state index < -0.39 is 0 Å². The van der Waals surface area contributed by atoms with Crippen molar-refractivity contribution < 1.29 is 28.9 Å². The predicted molar refractivity (Wildman–Crippen MR) is 233 cm³/mol. The molecule has 0 fully saturated rings. The Morgan fingerprint density at radius 2 is 1.05 bits per heavy atom. The zero-order valence-corrected chi connectivity index (χ0v) is 33.8. The molecule has 0 aliphatic carbocycles. The first kappa shape index (κ1) is 36.7. The average Bonchev–Trinajstić information content (AvgIpc) is 3.86.